The minimum atomic E-state index is -1.37. The Bertz CT molecular complexity index is 958. The first-order valence-electron chi connectivity index (χ1n) is 12.2. The third-order valence-electron chi connectivity index (χ3n) is 8.52. The fourth-order valence-corrected chi connectivity index (χ4v) is 7.08. The maximum atomic E-state index is 14.1. The molecule has 0 spiro atoms. The summed E-state index contributed by atoms with van der Waals surface area (Å²) < 4.78 is 17.9. The van der Waals surface area contributed by atoms with Crippen molar-refractivity contribution in [1.82, 2.24) is 0 Å². The minimum absolute atomic E-state index is 0.0473. The van der Waals surface area contributed by atoms with E-state index in [2.05, 4.69) is 6.92 Å². The van der Waals surface area contributed by atoms with E-state index in [1.165, 1.54) is 6.92 Å². The van der Waals surface area contributed by atoms with Crippen LogP contribution >= 0.6 is 0 Å². The minimum Gasteiger partial charge on any atom is -0.469 e. The molecule has 1 aliphatic heterocycles. The Kier molecular flexibility index (Phi) is 6.15. The second-order valence-electron chi connectivity index (χ2n) is 11.1. The van der Waals surface area contributed by atoms with Crippen LogP contribution in [0.2, 0.25) is 0 Å². The van der Waals surface area contributed by atoms with Crippen molar-refractivity contribution < 1.29 is 28.6 Å². The molecule has 3 fully saturated rings. The molecular formula is C27H38O6. The quantitative estimate of drug-likeness (QED) is 0.519. The lowest BCUT2D eigenvalue weighted by Crippen LogP contribution is -2.63. The number of fused-ring (bicyclic) bond motifs is 2. The molecular weight excluding hydrogens is 420 g/mol. The van der Waals surface area contributed by atoms with Crippen LogP contribution in [0.1, 0.15) is 65.7 Å². The summed E-state index contributed by atoms with van der Waals surface area (Å²) in [6.07, 6.45) is 4.49. The summed E-state index contributed by atoms with van der Waals surface area (Å²) >= 11 is 0. The second-order valence-corrected chi connectivity index (χ2v) is 11.1. The van der Waals surface area contributed by atoms with Crippen LogP contribution in [0.5, 0.6) is 0 Å². The number of ether oxygens (including phenoxy) is 2. The number of aryl methyl sites for hydroxylation is 2. The van der Waals surface area contributed by atoms with E-state index in [4.69, 9.17) is 13.9 Å². The van der Waals surface area contributed by atoms with Crippen molar-refractivity contribution in [2.45, 2.75) is 91.1 Å². The zero-order chi connectivity index (χ0) is 24.3. The van der Waals surface area contributed by atoms with Gasteiger partial charge in [0.05, 0.1) is 17.8 Å². The fourth-order valence-electron chi connectivity index (χ4n) is 7.08. The summed E-state index contributed by atoms with van der Waals surface area (Å²) in [5.41, 5.74) is -0.105. The zero-order valence-corrected chi connectivity index (χ0v) is 20.9. The van der Waals surface area contributed by atoms with E-state index in [1.54, 1.807) is 6.26 Å². The van der Waals surface area contributed by atoms with Gasteiger partial charge in [-0.15, -0.1) is 0 Å². The highest BCUT2D eigenvalue weighted by Gasteiger charge is 2.72. The molecule has 0 aromatic carbocycles. The Balaban J connectivity index is 1.75. The monoisotopic (exact) mass is 458 g/mol. The van der Waals surface area contributed by atoms with E-state index in [-0.39, 0.29) is 41.5 Å². The smallest absolute Gasteiger partial charge is 0.302 e. The predicted octanol–water partition coefficient (Wildman–Crippen LogP) is 4.41. The van der Waals surface area contributed by atoms with Gasteiger partial charge in [-0.2, -0.15) is 0 Å². The molecule has 0 amide bonds. The molecule has 1 aromatic heterocycles. The number of furan rings is 1. The Morgan fingerprint density at radius 3 is 2.58 bits per heavy atom. The molecule has 6 nitrogen and oxygen atoms in total. The summed E-state index contributed by atoms with van der Waals surface area (Å²) in [7, 11) is 0. The molecule has 6 heteroatoms. The molecule has 3 aliphatic rings. The number of allylic oxidation sites excluding steroid dienone is 1. The van der Waals surface area contributed by atoms with E-state index >= 15 is 0 Å². The topological polar surface area (TPSA) is 86.0 Å². The first-order valence-corrected chi connectivity index (χ1v) is 12.2. The van der Waals surface area contributed by atoms with Crippen LogP contribution in [0.15, 0.2) is 28.4 Å². The maximum absolute atomic E-state index is 14.1. The number of hydrogen-bond donors (Lipinski definition) is 1. The van der Waals surface area contributed by atoms with Crippen molar-refractivity contribution in [3.05, 3.63) is 35.3 Å². The summed E-state index contributed by atoms with van der Waals surface area (Å²) in [6.45, 7) is 13.4. The lowest BCUT2D eigenvalue weighted by molar-refractivity contribution is -0.173. The van der Waals surface area contributed by atoms with E-state index in [9.17, 15) is 14.7 Å². The number of hydrogen-bond acceptors (Lipinski definition) is 6. The first kappa shape index (κ1) is 24.2. The van der Waals surface area contributed by atoms with Crippen molar-refractivity contribution in [2.24, 2.45) is 29.6 Å². The number of carbonyl (C=O) groups excluding carboxylic acids is 2. The highest BCUT2D eigenvalue weighted by molar-refractivity contribution is 5.88. The van der Waals surface area contributed by atoms with Crippen molar-refractivity contribution in [3.63, 3.8) is 0 Å². The molecule has 9 atom stereocenters. The van der Waals surface area contributed by atoms with Gasteiger partial charge in [-0.25, -0.2) is 0 Å². The Morgan fingerprint density at radius 1 is 1.30 bits per heavy atom. The summed E-state index contributed by atoms with van der Waals surface area (Å²) in [5.74, 6) is -0.736. The molecule has 1 N–H and O–H groups in total. The molecule has 1 saturated heterocycles. The standard InChI is InChI=1S/C27H38O6/c1-14(2)12-21-27(30)17(5)23-20(32-18(6)28)13-16(4)22(23)24(29)25(27)26(7,33-21)10-8-19-15(3)9-11-31-19/h9,11-12,16-17,20-23,25,30H,8,10,13H2,1-7H3/t16-,17+,20-,21-,22+,23-,25-,26-,27-/m0/s1. The summed E-state index contributed by atoms with van der Waals surface area (Å²) in [5, 5.41) is 12.3. The molecule has 2 heterocycles. The van der Waals surface area contributed by atoms with Gasteiger partial charge < -0.3 is 19.0 Å². The lowest BCUT2D eigenvalue weighted by Gasteiger charge is -2.50. The first-order chi connectivity index (χ1) is 15.4. The molecule has 1 aromatic rings. The van der Waals surface area contributed by atoms with E-state index in [0.717, 1.165) is 16.9 Å². The van der Waals surface area contributed by atoms with E-state index in [0.29, 0.717) is 19.3 Å². The molecule has 0 unspecified atom stereocenters. The molecule has 0 radical (unpaired) electrons. The SMILES string of the molecule is CC(=O)O[C@H]1C[C@H](C)[C@H]2C(=O)[C@@H]3[C@@](O)([C@H](C=C(C)C)O[C@@]3(C)CCc3occc3C)[C@H](C)[C@H]21. The van der Waals surface area contributed by atoms with Gasteiger partial charge in [0.25, 0.3) is 0 Å². The fraction of sp³-hybridized carbons (Fsp3) is 0.704. The largest absolute Gasteiger partial charge is 0.469 e. The molecule has 182 valence electrons. The highest BCUT2D eigenvalue weighted by Crippen LogP contribution is 2.61. The summed E-state index contributed by atoms with van der Waals surface area (Å²) in [6, 6.07) is 1.93. The third-order valence-corrected chi connectivity index (χ3v) is 8.52. The normalized spacial score (nSPS) is 42.1. The van der Waals surface area contributed by atoms with Crippen molar-refractivity contribution >= 4 is 11.8 Å². The maximum Gasteiger partial charge on any atom is 0.302 e. The van der Waals surface area contributed by atoms with Crippen LogP contribution < -0.4 is 0 Å². The van der Waals surface area contributed by atoms with Crippen LogP contribution in [0, 0.1) is 36.5 Å². The van der Waals surface area contributed by atoms with Crippen LogP contribution in [-0.2, 0) is 25.5 Å². The van der Waals surface area contributed by atoms with Crippen LogP contribution in [0.3, 0.4) is 0 Å². The predicted molar refractivity (Wildman–Crippen MR) is 123 cm³/mol. The van der Waals surface area contributed by atoms with Gasteiger partial charge in [0.15, 0.2) is 0 Å². The molecule has 2 saturated carbocycles. The van der Waals surface area contributed by atoms with E-state index < -0.39 is 23.2 Å². The average Bonchev–Trinajstić information content (AvgIpc) is 3.32. The van der Waals surface area contributed by atoms with Crippen LogP contribution in [-0.4, -0.2) is 40.3 Å². The van der Waals surface area contributed by atoms with Gasteiger partial charge in [-0.3, -0.25) is 9.59 Å². The van der Waals surface area contributed by atoms with Gasteiger partial charge in [0.1, 0.15) is 29.4 Å². The van der Waals surface area contributed by atoms with Crippen molar-refractivity contribution in [3.8, 4) is 0 Å². The second kappa shape index (κ2) is 8.38. The Morgan fingerprint density at radius 2 is 2.00 bits per heavy atom. The molecule has 4 rings (SSSR count). The number of esters is 1. The number of aliphatic hydroxyl groups is 1. The van der Waals surface area contributed by atoms with Gasteiger partial charge in [-0.05, 0) is 64.0 Å². The highest BCUT2D eigenvalue weighted by atomic mass is 16.5. The lowest BCUT2D eigenvalue weighted by atomic mass is 9.54. The zero-order valence-electron chi connectivity index (χ0n) is 20.9. The molecule has 33 heavy (non-hydrogen) atoms. The molecule has 2 aliphatic carbocycles. The van der Waals surface area contributed by atoms with Gasteiger partial charge in [0, 0.05) is 25.2 Å². The average molecular weight is 459 g/mol. The van der Waals surface area contributed by atoms with E-state index in [1.807, 2.05) is 46.8 Å². The number of ketones is 1. The Labute approximate surface area is 196 Å². The third kappa shape index (κ3) is 3.79. The van der Waals surface area contributed by atoms with Gasteiger partial charge in [0.2, 0.25) is 0 Å². The summed E-state index contributed by atoms with van der Waals surface area (Å²) in [4.78, 5) is 25.9. The van der Waals surface area contributed by atoms with Gasteiger partial charge >= 0.3 is 5.97 Å². The number of rotatable bonds is 5. The van der Waals surface area contributed by atoms with Crippen molar-refractivity contribution in [2.75, 3.05) is 0 Å². The number of carbonyl (C=O) groups is 2. The number of Topliss-reactive ketones (excluding diaryl/α,β-unsaturated/α-hetero) is 1. The van der Waals surface area contributed by atoms with Crippen LogP contribution in [0.4, 0.5) is 0 Å². The molecule has 0 bridgehead atoms. The van der Waals surface area contributed by atoms with Crippen LogP contribution in [0.25, 0.3) is 0 Å². The van der Waals surface area contributed by atoms with Crippen molar-refractivity contribution in [1.29, 1.82) is 0 Å². The Hall–Kier alpha value is -1.92. The van der Waals surface area contributed by atoms with Gasteiger partial charge in [-0.1, -0.05) is 25.5 Å².